The van der Waals surface area contributed by atoms with E-state index in [-0.39, 0.29) is 5.91 Å². The van der Waals surface area contributed by atoms with Crippen molar-refractivity contribution in [3.05, 3.63) is 60.2 Å². The highest BCUT2D eigenvalue weighted by molar-refractivity contribution is 5.98. The van der Waals surface area contributed by atoms with Crippen LogP contribution in [-0.4, -0.2) is 38.7 Å². The van der Waals surface area contributed by atoms with Crippen LogP contribution in [0.5, 0.6) is 11.5 Å². The topological polar surface area (TPSA) is 65.1 Å². The van der Waals surface area contributed by atoms with Crippen LogP contribution >= 0.6 is 0 Å². The first-order valence-electron chi connectivity index (χ1n) is 8.96. The highest BCUT2D eigenvalue weighted by atomic mass is 16.5. The molecule has 2 aromatic carbocycles. The maximum atomic E-state index is 12.6. The van der Waals surface area contributed by atoms with Gasteiger partial charge in [-0.3, -0.25) is 4.79 Å². The number of anilines is 1. The summed E-state index contributed by atoms with van der Waals surface area (Å²) >= 11 is 0. The number of para-hydroxylation sites is 1. The molecule has 0 aliphatic rings. The van der Waals surface area contributed by atoms with Gasteiger partial charge in [0.1, 0.15) is 11.5 Å². The second-order valence-corrected chi connectivity index (χ2v) is 5.98. The van der Waals surface area contributed by atoms with E-state index in [0.29, 0.717) is 23.6 Å². The fourth-order valence-electron chi connectivity index (χ4n) is 2.65. The van der Waals surface area contributed by atoms with E-state index in [0.717, 1.165) is 5.69 Å². The van der Waals surface area contributed by atoms with E-state index < -0.39 is 12.1 Å². The molecule has 1 atom stereocenters. The van der Waals surface area contributed by atoms with E-state index in [4.69, 9.17) is 14.2 Å². The van der Waals surface area contributed by atoms with Crippen molar-refractivity contribution in [2.24, 2.45) is 0 Å². The zero-order valence-corrected chi connectivity index (χ0v) is 16.5. The molecule has 2 rings (SSSR count). The number of carbonyl (C=O) groups is 2. The first-order chi connectivity index (χ1) is 13.5. The highest BCUT2D eigenvalue weighted by Crippen LogP contribution is 2.23. The van der Waals surface area contributed by atoms with Crippen molar-refractivity contribution in [2.45, 2.75) is 20.0 Å². The third-order valence-electron chi connectivity index (χ3n) is 4.08. The molecule has 0 aliphatic carbocycles. The fourth-order valence-corrected chi connectivity index (χ4v) is 2.65. The summed E-state index contributed by atoms with van der Waals surface area (Å²) in [5.41, 5.74) is 1.48. The molecule has 0 aromatic heterocycles. The molecule has 0 saturated heterocycles. The maximum Gasteiger partial charge on any atom is 0.331 e. The van der Waals surface area contributed by atoms with Gasteiger partial charge in [0.05, 0.1) is 14.2 Å². The summed E-state index contributed by atoms with van der Waals surface area (Å²) < 4.78 is 15.7. The molecule has 0 radical (unpaired) electrons. The van der Waals surface area contributed by atoms with Gasteiger partial charge >= 0.3 is 5.97 Å². The zero-order valence-electron chi connectivity index (χ0n) is 16.5. The third kappa shape index (κ3) is 5.61. The van der Waals surface area contributed by atoms with E-state index in [9.17, 15) is 9.59 Å². The Bertz CT molecular complexity index is 810. The lowest BCUT2D eigenvalue weighted by Gasteiger charge is -2.24. The van der Waals surface area contributed by atoms with E-state index in [2.05, 4.69) is 0 Å². The standard InChI is InChI=1S/C22H25NO5/c1-5-23(18-9-7-6-8-10-18)22(25)16(2)28-21(24)12-11-17-13-19(26-3)15-20(14-17)27-4/h6-16H,5H2,1-4H3/b12-11+/t16-/m1/s1. The Kier molecular flexibility index (Phi) is 7.63. The lowest BCUT2D eigenvalue weighted by molar-refractivity contribution is -0.149. The lowest BCUT2D eigenvalue weighted by Crippen LogP contribution is -2.39. The van der Waals surface area contributed by atoms with Crippen molar-refractivity contribution in [2.75, 3.05) is 25.7 Å². The van der Waals surface area contributed by atoms with Gasteiger partial charge in [-0.25, -0.2) is 4.79 Å². The van der Waals surface area contributed by atoms with Gasteiger partial charge in [0, 0.05) is 24.4 Å². The van der Waals surface area contributed by atoms with Gasteiger partial charge in [-0.1, -0.05) is 18.2 Å². The van der Waals surface area contributed by atoms with E-state index in [1.807, 2.05) is 37.3 Å². The summed E-state index contributed by atoms with van der Waals surface area (Å²) in [6.45, 7) is 3.91. The SMILES string of the molecule is CCN(C(=O)[C@@H](C)OC(=O)/C=C/c1cc(OC)cc(OC)c1)c1ccccc1. The molecule has 1 amide bonds. The number of hydrogen-bond donors (Lipinski definition) is 0. The number of nitrogens with zero attached hydrogens (tertiary/aromatic N) is 1. The molecule has 6 nitrogen and oxygen atoms in total. The van der Waals surface area contributed by atoms with Gasteiger partial charge < -0.3 is 19.1 Å². The number of methoxy groups -OCH3 is 2. The smallest absolute Gasteiger partial charge is 0.331 e. The predicted octanol–water partition coefficient (Wildman–Crippen LogP) is 3.70. The Morgan fingerprint density at radius 3 is 2.18 bits per heavy atom. The average molecular weight is 383 g/mol. The highest BCUT2D eigenvalue weighted by Gasteiger charge is 2.23. The Labute approximate surface area is 165 Å². The van der Waals surface area contributed by atoms with Gasteiger partial charge in [0.15, 0.2) is 6.10 Å². The van der Waals surface area contributed by atoms with E-state index in [1.54, 1.807) is 50.3 Å². The Hall–Kier alpha value is -3.28. The van der Waals surface area contributed by atoms with Crippen LogP contribution in [0.3, 0.4) is 0 Å². The second-order valence-electron chi connectivity index (χ2n) is 5.98. The molecule has 0 aliphatic heterocycles. The minimum atomic E-state index is -0.905. The van der Waals surface area contributed by atoms with E-state index in [1.165, 1.54) is 6.08 Å². The summed E-state index contributed by atoms with van der Waals surface area (Å²) in [6.07, 6.45) is 1.95. The molecule has 148 valence electrons. The summed E-state index contributed by atoms with van der Waals surface area (Å²) in [4.78, 5) is 26.4. The number of esters is 1. The molecule has 0 heterocycles. The van der Waals surface area contributed by atoms with Gasteiger partial charge in [-0.05, 0) is 49.8 Å². The van der Waals surface area contributed by atoms with Crippen LogP contribution in [0.25, 0.3) is 6.08 Å². The zero-order chi connectivity index (χ0) is 20.5. The monoisotopic (exact) mass is 383 g/mol. The molecule has 0 spiro atoms. The van der Waals surface area contributed by atoms with Crippen molar-refractivity contribution < 1.29 is 23.8 Å². The van der Waals surface area contributed by atoms with Crippen LogP contribution in [0, 0.1) is 0 Å². The van der Waals surface area contributed by atoms with Crippen molar-refractivity contribution in [1.29, 1.82) is 0 Å². The molecule has 0 fully saturated rings. The molecule has 6 heteroatoms. The van der Waals surface area contributed by atoms with Crippen LogP contribution in [0.15, 0.2) is 54.6 Å². The largest absolute Gasteiger partial charge is 0.497 e. The molecule has 2 aromatic rings. The predicted molar refractivity (Wildman–Crippen MR) is 109 cm³/mol. The summed E-state index contributed by atoms with van der Waals surface area (Å²) in [7, 11) is 3.10. The number of rotatable bonds is 8. The molecule has 0 saturated carbocycles. The van der Waals surface area contributed by atoms with Crippen molar-refractivity contribution in [3.8, 4) is 11.5 Å². The van der Waals surface area contributed by atoms with Crippen LogP contribution in [0.1, 0.15) is 19.4 Å². The van der Waals surface area contributed by atoms with Crippen LogP contribution in [0.2, 0.25) is 0 Å². The normalized spacial score (nSPS) is 11.7. The quantitative estimate of drug-likeness (QED) is 0.514. The first kappa shape index (κ1) is 21.0. The van der Waals surface area contributed by atoms with Crippen molar-refractivity contribution in [3.63, 3.8) is 0 Å². The minimum Gasteiger partial charge on any atom is -0.497 e. The molecule has 0 bridgehead atoms. The number of ether oxygens (including phenoxy) is 3. The van der Waals surface area contributed by atoms with Gasteiger partial charge in [-0.2, -0.15) is 0 Å². The lowest BCUT2D eigenvalue weighted by atomic mass is 10.2. The second kappa shape index (κ2) is 10.2. The minimum absolute atomic E-state index is 0.279. The molecular formula is C22H25NO5. The summed E-state index contributed by atoms with van der Waals surface area (Å²) in [5.74, 6) is 0.333. The average Bonchev–Trinajstić information content (AvgIpc) is 2.73. The van der Waals surface area contributed by atoms with Crippen molar-refractivity contribution >= 4 is 23.6 Å². The van der Waals surface area contributed by atoms with Gasteiger partial charge in [0.25, 0.3) is 5.91 Å². The first-order valence-corrected chi connectivity index (χ1v) is 8.96. The number of amides is 1. The van der Waals surface area contributed by atoms with E-state index >= 15 is 0 Å². The van der Waals surface area contributed by atoms with Crippen LogP contribution in [-0.2, 0) is 14.3 Å². The summed E-state index contributed by atoms with van der Waals surface area (Å²) in [5, 5.41) is 0. The molecule has 28 heavy (non-hydrogen) atoms. The number of benzene rings is 2. The van der Waals surface area contributed by atoms with Crippen LogP contribution in [0.4, 0.5) is 5.69 Å². The Morgan fingerprint density at radius 1 is 1.04 bits per heavy atom. The summed E-state index contributed by atoms with van der Waals surface area (Å²) in [6, 6.07) is 14.5. The number of carbonyl (C=O) groups excluding carboxylic acids is 2. The maximum absolute atomic E-state index is 12.6. The third-order valence-corrected chi connectivity index (χ3v) is 4.08. The molecule has 0 unspecified atom stereocenters. The van der Waals surface area contributed by atoms with Crippen LogP contribution < -0.4 is 14.4 Å². The fraction of sp³-hybridized carbons (Fsp3) is 0.273. The Balaban J connectivity index is 2.03. The molecular weight excluding hydrogens is 358 g/mol. The Morgan fingerprint density at radius 2 is 1.64 bits per heavy atom. The van der Waals surface area contributed by atoms with Gasteiger partial charge in [-0.15, -0.1) is 0 Å². The molecule has 0 N–H and O–H groups in total. The van der Waals surface area contributed by atoms with Crippen molar-refractivity contribution in [1.82, 2.24) is 0 Å². The van der Waals surface area contributed by atoms with Gasteiger partial charge in [0.2, 0.25) is 0 Å². The number of likely N-dealkylation sites (N-methyl/N-ethyl adjacent to an activating group) is 1. The number of hydrogen-bond acceptors (Lipinski definition) is 5.